The van der Waals surface area contributed by atoms with Gasteiger partial charge in [-0.15, -0.1) is 0 Å². The highest BCUT2D eigenvalue weighted by Gasteiger charge is 2.30. The highest BCUT2D eigenvalue weighted by atomic mass is 32.1. The molecule has 7 heteroatoms. The molecule has 0 saturated heterocycles. The maximum Gasteiger partial charge on any atom is 0.416 e. The zero-order valence-electron chi connectivity index (χ0n) is 11.7. The summed E-state index contributed by atoms with van der Waals surface area (Å²) in [6.07, 6.45) is -2.62. The quantitative estimate of drug-likeness (QED) is 0.626. The lowest BCUT2D eigenvalue weighted by Crippen LogP contribution is -2.05. The Hall–Kier alpha value is -1.34. The predicted octanol–water partition coefficient (Wildman–Crippen LogP) is 4.53. The number of benzene rings is 1. The molecular formula is C14H17F3N2OS. The number of hydrogen-bond donors (Lipinski definition) is 1. The molecule has 0 bridgehead atoms. The van der Waals surface area contributed by atoms with Crippen molar-refractivity contribution in [1.29, 1.82) is 0 Å². The molecule has 0 aliphatic rings. The second-order valence-corrected chi connectivity index (χ2v) is 5.16. The molecule has 1 heterocycles. The van der Waals surface area contributed by atoms with E-state index in [-0.39, 0.29) is 0 Å². The van der Waals surface area contributed by atoms with Crippen LogP contribution in [0.2, 0.25) is 0 Å². The van der Waals surface area contributed by atoms with Crippen LogP contribution in [0, 0.1) is 4.77 Å². The first-order chi connectivity index (χ1) is 9.93. The van der Waals surface area contributed by atoms with Crippen molar-refractivity contribution in [3.8, 4) is 0 Å². The second kappa shape index (κ2) is 6.62. The van der Waals surface area contributed by atoms with E-state index in [4.69, 9.17) is 17.0 Å². The summed E-state index contributed by atoms with van der Waals surface area (Å²) in [5.74, 6) is 0. The summed E-state index contributed by atoms with van der Waals surface area (Å²) >= 11 is 5.18. The van der Waals surface area contributed by atoms with Gasteiger partial charge in [0, 0.05) is 19.8 Å². The highest BCUT2D eigenvalue weighted by molar-refractivity contribution is 7.71. The molecule has 116 valence electrons. The molecule has 0 aliphatic carbocycles. The number of imidazole rings is 1. The van der Waals surface area contributed by atoms with Crippen LogP contribution < -0.4 is 0 Å². The molecule has 0 saturated carbocycles. The Morgan fingerprint density at radius 2 is 2.05 bits per heavy atom. The minimum atomic E-state index is -4.35. The standard InChI is InChI=1S/C14H17F3N2OS/c1-2-7-20-8-3-6-19-12-5-4-10(14(15,16)17)9-11(12)18-13(19)21/h4-5,9H,2-3,6-8H2,1H3,(H,18,21). The Morgan fingerprint density at radius 3 is 2.71 bits per heavy atom. The number of nitrogens with zero attached hydrogens (tertiary/aromatic N) is 1. The van der Waals surface area contributed by atoms with Crippen molar-refractivity contribution >= 4 is 23.3 Å². The van der Waals surface area contributed by atoms with E-state index in [2.05, 4.69) is 4.98 Å². The average Bonchev–Trinajstić information content (AvgIpc) is 2.73. The average molecular weight is 318 g/mol. The third-order valence-corrected chi connectivity index (χ3v) is 3.44. The summed E-state index contributed by atoms with van der Waals surface area (Å²) in [7, 11) is 0. The Balaban J connectivity index is 2.17. The Bertz CT molecular complexity index is 660. The van der Waals surface area contributed by atoms with Crippen LogP contribution in [0.3, 0.4) is 0 Å². The van der Waals surface area contributed by atoms with Gasteiger partial charge < -0.3 is 14.3 Å². The fraction of sp³-hybridized carbons (Fsp3) is 0.500. The van der Waals surface area contributed by atoms with Crippen LogP contribution in [0.15, 0.2) is 18.2 Å². The summed E-state index contributed by atoms with van der Waals surface area (Å²) in [6, 6.07) is 3.63. The van der Waals surface area contributed by atoms with Crippen molar-refractivity contribution in [1.82, 2.24) is 9.55 Å². The van der Waals surface area contributed by atoms with Crippen molar-refractivity contribution < 1.29 is 17.9 Å². The first-order valence-electron chi connectivity index (χ1n) is 6.81. The lowest BCUT2D eigenvalue weighted by Gasteiger charge is -2.08. The van der Waals surface area contributed by atoms with Crippen LogP contribution in [0.4, 0.5) is 13.2 Å². The second-order valence-electron chi connectivity index (χ2n) is 4.78. The lowest BCUT2D eigenvalue weighted by atomic mass is 10.2. The third-order valence-electron chi connectivity index (χ3n) is 3.12. The Kier molecular flexibility index (Phi) is 5.05. The smallest absolute Gasteiger partial charge is 0.381 e. The van der Waals surface area contributed by atoms with Gasteiger partial charge in [0.2, 0.25) is 0 Å². The van der Waals surface area contributed by atoms with Crippen molar-refractivity contribution in [2.45, 2.75) is 32.5 Å². The van der Waals surface area contributed by atoms with Crippen LogP contribution >= 0.6 is 12.2 Å². The summed E-state index contributed by atoms with van der Waals surface area (Å²) in [6.45, 7) is 3.99. The lowest BCUT2D eigenvalue weighted by molar-refractivity contribution is -0.137. The van der Waals surface area contributed by atoms with Crippen molar-refractivity contribution in [2.24, 2.45) is 0 Å². The highest BCUT2D eigenvalue weighted by Crippen LogP contribution is 2.31. The normalized spacial score (nSPS) is 12.2. The summed E-state index contributed by atoms with van der Waals surface area (Å²) in [5.41, 5.74) is 0.414. The van der Waals surface area contributed by atoms with Gasteiger partial charge in [-0.3, -0.25) is 0 Å². The van der Waals surface area contributed by atoms with E-state index in [1.54, 1.807) is 4.57 Å². The topological polar surface area (TPSA) is 29.9 Å². The van der Waals surface area contributed by atoms with Crippen LogP contribution in [0.5, 0.6) is 0 Å². The van der Waals surface area contributed by atoms with Gasteiger partial charge in [0.05, 0.1) is 16.6 Å². The van der Waals surface area contributed by atoms with E-state index in [0.717, 1.165) is 25.0 Å². The molecule has 2 rings (SSSR count). The number of H-pyrrole nitrogens is 1. The van der Waals surface area contributed by atoms with Gasteiger partial charge in [-0.2, -0.15) is 13.2 Å². The van der Waals surface area contributed by atoms with Gasteiger partial charge in [0.1, 0.15) is 0 Å². The largest absolute Gasteiger partial charge is 0.416 e. The van der Waals surface area contributed by atoms with E-state index in [0.29, 0.717) is 35.6 Å². The molecule has 3 nitrogen and oxygen atoms in total. The molecule has 1 aromatic heterocycles. The van der Waals surface area contributed by atoms with E-state index < -0.39 is 11.7 Å². The van der Waals surface area contributed by atoms with Gasteiger partial charge in [0.25, 0.3) is 0 Å². The van der Waals surface area contributed by atoms with Gasteiger partial charge >= 0.3 is 6.18 Å². The molecule has 0 fully saturated rings. The third kappa shape index (κ3) is 3.85. The fourth-order valence-electron chi connectivity index (χ4n) is 2.13. The van der Waals surface area contributed by atoms with Crippen LogP contribution in [0.1, 0.15) is 25.3 Å². The monoisotopic (exact) mass is 318 g/mol. The fourth-order valence-corrected chi connectivity index (χ4v) is 2.43. The number of hydrogen-bond acceptors (Lipinski definition) is 2. The zero-order chi connectivity index (χ0) is 15.5. The van der Waals surface area contributed by atoms with Crippen LogP contribution in [-0.4, -0.2) is 22.8 Å². The first-order valence-corrected chi connectivity index (χ1v) is 7.22. The maximum absolute atomic E-state index is 12.7. The number of aryl methyl sites for hydroxylation is 1. The van der Waals surface area contributed by atoms with Crippen LogP contribution in [-0.2, 0) is 17.5 Å². The number of aromatic amines is 1. The van der Waals surface area contributed by atoms with E-state index in [1.807, 2.05) is 6.92 Å². The van der Waals surface area contributed by atoms with E-state index >= 15 is 0 Å². The van der Waals surface area contributed by atoms with Crippen molar-refractivity contribution in [3.05, 3.63) is 28.5 Å². The summed E-state index contributed by atoms with van der Waals surface area (Å²) in [4.78, 5) is 2.83. The Labute approximate surface area is 125 Å². The van der Waals surface area contributed by atoms with Gasteiger partial charge in [-0.25, -0.2) is 0 Å². The summed E-state index contributed by atoms with van der Waals surface area (Å²) in [5, 5.41) is 0. The molecule has 0 amide bonds. The number of aromatic nitrogens is 2. The molecular weight excluding hydrogens is 301 g/mol. The molecule has 0 radical (unpaired) electrons. The number of ether oxygens (including phenoxy) is 1. The van der Waals surface area contributed by atoms with Gasteiger partial charge in [0.15, 0.2) is 4.77 Å². The Morgan fingerprint density at radius 1 is 1.29 bits per heavy atom. The number of alkyl halides is 3. The minimum absolute atomic E-state index is 0.407. The predicted molar refractivity (Wildman–Crippen MR) is 77.9 cm³/mol. The number of rotatable bonds is 6. The SMILES string of the molecule is CCCOCCCn1c(=S)[nH]c2cc(C(F)(F)F)ccc21. The molecule has 1 N–H and O–H groups in total. The first kappa shape index (κ1) is 16.0. The van der Waals surface area contributed by atoms with Gasteiger partial charge in [-0.05, 0) is 43.3 Å². The molecule has 0 unspecified atom stereocenters. The zero-order valence-corrected chi connectivity index (χ0v) is 12.5. The maximum atomic E-state index is 12.7. The summed E-state index contributed by atoms with van der Waals surface area (Å²) < 4.78 is 45.7. The number of nitrogens with one attached hydrogen (secondary N) is 1. The van der Waals surface area contributed by atoms with E-state index in [9.17, 15) is 13.2 Å². The molecule has 0 spiro atoms. The van der Waals surface area contributed by atoms with E-state index in [1.165, 1.54) is 6.07 Å². The number of fused-ring (bicyclic) bond motifs is 1. The van der Waals surface area contributed by atoms with Crippen LogP contribution in [0.25, 0.3) is 11.0 Å². The molecule has 0 atom stereocenters. The molecule has 2 aromatic rings. The molecule has 21 heavy (non-hydrogen) atoms. The van der Waals surface area contributed by atoms with Gasteiger partial charge in [-0.1, -0.05) is 6.92 Å². The minimum Gasteiger partial charge on any atom is -0.381 e. The van der Waals surface area contributed by atoms with Crippen molar-refractivity contribution in [3.63, 3.8) is 0 Å². The number of halogens is 3. The molecule has 1 aromatic carbocycles. The van der Waals surface area contributed by atoms with Crippen molar-refractivity contribution in [2.75, 3.05) is 13.2 Å². The molecule has 0 aliphatic heterocycles.